The summed E-state index contributed by atoms with van der Waals surface area (Å²) in [6, 6.07) is 17.1. The van der Waals surface area contributed by atoms with Gasteiger partial charge < -0.3 is 10.1 Å². The van der Waals surface area contributed by atoms with E-state index in [9.17, 15) is 4.79 Å². The molecule has 5 heteroatoms. The molecule has 4 nitrogen and oxygen atoms in total. The van der Waals surface area contributed by atoms with Crippen LogP contribution in [0.3, 0.4) is 0 Å². The fourth-order valence-corrected chi connectivity index (χ4v) is 4.94. The fraction of sp³-hybridized carbons (Fsp3) is 0.435. The Morgan fingerprint density at radius 1 is 1.14 bits per heavy atom. The summed E-state index contributed by atoms with van der Waals surface area (Å²) >= 11 is 6.09. The number of carbonyl (C=O) groups is 1. The summed E-state index contributed by atoms with van der Waals surface area (Å²) in [5.74, 6) is 0.461. The maximum Gasteiger partial charge on any atom is 0.255 e. The summed E-state index contributed by atoms with van der Waals surface area (Å²) in [6.07, 6.45) is 5.69. The Kier molecular flexibility index (Phi) is 5.88. The third-order valence-corrected chi connectivity index (χ3v) is 6.31. The second kappa shape index (κ2) is 8.54. The maximum absolute atomic E-state index is 12.9. The Morgan fingerprint density at radius 2 is 1.86 bits per heavy atom. The molecule has 1 N–H and O–H groups in total. The van der Waals surface area contributed by atoms with Gasteiger partial charge in [-0.1, -0.05) is 48.4 Å². The molecule has 2 aliphatic heterocycles. The number of fused-ring (bicyclic) bond motifs is 2. The first-order valence-corrected chi connectivity index (χ1v) is 10.5. The molecular formula is C23H27ClN2O2. The Hall–Kier alpha value is -2.04. The second-order valence-electron chi connectivity index (χ2n) is 7.88. The molecule has 2 saturated heterocycles. The van der Waals surface area contributed by atoms with Crippen LogP contribution in [0.4, 0.5) is 0 Å². The minimum atomic E-state index is -0.0982. The van der Waals surface area contributed by atoms with Crippen molar-refractivity contribution in [3.05, 3.63) is 64.7 Å². The molecule has 2 heterocycles. The molecule has 2 atom stereocenters. The molecule has 0 aromatic heterocycles. The molecule has 0 saturated carbocycles. The van der Waals surface area contributed by atoms with Crippen LogP contribution in [0.2, 0.25) is 5.02 Å². The molecule has 0 radical (unpaired) electrons. The number of hydrogen-bond donors (Lipinski definition) is 1. The van der Waals surface area contributed by atoms with Gasteiger partial charge in [-0.3, -0.25) is 9.69 Å². The summed E-state index contributed by atoms with van der Waals surface area (Å²) in [5.41, 5.74) is 1.87. The lowest BCUT2D eigenvalue weighted by Crippen LogP contribution is -2.56. The first-order valence-electron chi connectivity index (χ1n) is 10.1. The lowest BCUT2D eigenvalue weighted by molar-refractivity contribution is 0.0177. The monoisotopic (exact) mass is 398 g/mol. The van der Waals surface area contributed by atoms with Crippen LogP contribution in [0.15, 0.2) is 48.5 Å². The number of piperidine rings is 2. The van der Waals surface area contributed by atoms with E-state index in [1.54, 1.807) is 25.3 Å². The highest BCUT2D eigenvalue weighted by molar-refractivity contribution is 6.31. The van der Waals surface area contributed by atoms with Crippen molar-refractivity contribution in [1.29, 1.82) is 0 Å². The van der Waals surface area contributed by atoms with Crippen LogP contribution >= 0.6 is 11.6 Å². The van der Waals surface area contributed by atoms with Crippen molar-refractivity contribution in [2.75, 3.05) is 7.11 Å². The number of nitrogens with zero attached hydrogens (tertiary/aromatic N) is 1. The summed E-state index contributed by atoms with van der Waals surface area (Å²) in [7, 11) is 1.58. The van der Waals surface area contributed by atoms with E-state index in [0.29, 0.717) is 28.4 Å². The number of hydrogen-bond acceptors (Lipinski definition) is 3. The third-order valence-electron chi connectivity index (χ3n) is 6.08. The summed E-state index contributed by atoms with van der Waals surface area (Å²) in [6.45, 7) is 0.999. The van der Waals surface area contributed by atoms with Crippen LogP contribution in [0.5, 0.6) is 5.75 Å². The lowest BCUT2D eigenvalue weighted by atomic mass is 9.81. The van der Waals surface area contributed by atoms with Gasteiger partial charge >= 0.3 is 0 Å². The van der Waals surface area contributed by atoms with Crippen LogP contribution in [-0.2, 0) is 6.54 Å². The summed E-state index contributed by atoms with van der Waals surface area (Å²) in [5, 5.41) is 3.79. The minimum absolute atomic E-state index is 0.0982. The highest BCUT2D eigenvalue weighted by Gasteiger charge is 2.38. The number of rotatable bonds is 5. The van der Waals surface area contributed by atoms with Crippen molar-refractivity contribution >= 4 is 17.5 Å². The van der Waals surface area contributed by atoms with Gasteiger partial charge in [0.2, 0.25) is 0 Å². The average molecular weight is 399 g/mol. The number of methoxy groups -OCH3 is 1. The Bertz CT molecular complexity index is 813. The topological polar surface area (TPSA) is 41.6 Å². The number of benzene rings is 2. The van der Waals surface area contributed by atoms with E-state index >= 15 is 0 Å². The number of carbonyl (C=O) groups excluding carboxylic acids is 1. The van der Waals surface area contributed by atoms with E-state index in [1.165, 1.54) is 24.8 Å². The molecule has 28 heavy (non-hydrogen) atoms. The van der Waals surface area contributed by atoms with Crippen molar-refractivity contribution in [1.82, 2.24) is 10.2 Å². The fourth-order valence-electron chi connectivity index (χ4n) is 4.77. The van der Waals surface area contributed by atoms with E-state index in [0.717, 1.165) is 19.4 Å². The Balaban J connectivity index is 1.44. The molecule has 2 fully saturated rings. The summed E-state index contributed by atoms with van der Waals surface area (Å²) in [4.78, 5) is 15.5. The van der Waals surface area contributed by atoms with Crippen LogP contribution in [0, 0.1) is 0 Å². The van der Waals surface area contributed by atoms with Gasteiger partial charge in [0.25, 0.3) is 5.91 Å². The summed E-state index contributed by atoms with van der Waals surface area (Å²) < 4.78 is 5.34. The molecule has 2 unspecified atom stereocenters. The highest BCUT2D eigenvalue weighted by atomic mass is 35.5. The molecule has 2 aliphatic rings. The largest absolute Gasteiger partial charge is 0.496 e. The number of nitrogens with one attached hydrogen (secondary N) is 1. The van der Waals surface area contributed by atoms with Crippen molar-refractivity contribution in [3.8, 4) is 5.75 Å². The molecule has 2 aromatic carbocycles. The Morgan fingerprint density at radius 3 is 2.54 bits per heavy atom. The third kappa shape index (κ3) is 4.18. The molecule has 2 aromatic rings. The second-order valence-corrected chi connectivity index (χ2v) is 8.32. The predicted octanol–water partition coefficient (Wildman–Crippen LogP) is 4.66. The van der Waals surface area contributed by atoms with E-state index in [-0.39, 0.29) is 11.9 Å². The molecule has 148 valence electrons. The van der Waals surface area contributed by atoms with Gasteiger partial charge in [0, 0.05) is 29.7 Å². The van der Waals surface area contributed by atoms with Crippen molar-refractivity contribution < 1.29 is 9.53 Å². The highest BCUT2D eigenvalue weighted by Crippen LogP contribution is 2.35. The zero-order chi connectivity index (χ0) is 19.5. The van der Waals surface area contributed by atoms with E-state index in [4.69, 9.17) is 16.3 Å². The molecule has 2 bridgehead atoms. The SMILES string of the molecule is COc1ccc(Cl)cc1C(=O)NC1CC2CCCC(C1)N2Cc1ccccc1. The zero-order valence-electron chi connectivity index (χ0n) is 16.2. The van der Waals surface area contributed by atoms with Gasteiger partial charge in [0.15, 0.2) is 0 Å². The quantitative estimate of drug-likeness (QED) is 0.796. The van der Waals surface area contributed by atoms with E-state index in [2.05, 4.69) is 40.5 Å². The first-order chi connectivity index (χ1) is 13.6. The zero-order valence-corrected chi connectivity index (χ0v) is 17.0. The molecule has 4 rings (SSSR count). The van der Waals surface area contributed by atoms with Gasteiger partial charge in [-0.05, 0) is 49.4 Å². The van der Waals surface area contributed by atoms with Crippen LogP contribution in [-0.4, -0.2) is 36.0 Å². The average Bonchev–Trinajstić information content (AvgIpc) is 2.69. The number of amides is 1. The van der Waals surface area contributed by atoms with Crippen LogP contribution in [0.25, 0.3) is 0 Å². The Labute approximate surface area is 171 Å². The molecule has 0 aliphatic carbocycles. The van der Waals surface area contributed by atoms with E-state index in [1.807, 2.05) is 0 Å². The molecule has 0 spiro atoms. The van der Waals surface area contributed by atoms with Gasteiger partial charge in [-0.15, -0.1) is 0 Å². The first kappa shape index (κ1) is 19.3. The van der Waals surface area contributed by atoms with Gasteiger partial charge in [-0.25, -0.2) is 0 Å². The van der Waals surface area contributed by atoms with E-state index < -0.39 is 0 Å². The maximum atomic E-state index is 12.9. The lowest BCUT2D eigenvalue weighted by Gasteiger charge is -2.49. The van der Waals surface area contributed by atoms with Gasteiger partial charge in [-0.2, -0.15) is 0 Å². The van der Waals surface area contributed by atoms with Crippen LogP contribution < -0.4 is 10.1 Å². The van der Waals surface area contributed by atoms with Crippen molar-refractivity contribution in [2.45, 2.75) is 56.8 Å². The minimum Gasteiger partial charge on any atom is -0.496 e. The molecule has 1 amide bonds. The van der Waals surface area contributed by atoms with Crippen LogP contribution in [0.1, 0.15) is 48.0 Å². The van der Waals surface area contributed by atoms with Crippen molar-refractivity contribution in [2.24, 2.45) is 0 Å². The normalized spacial score (nSPS) is 24.6. The van der Waals surface area contributed by atoms with Gasteiger partial charge in [0.1, 0.15) is 5.75 Å². The smallest absolute Gasteiger partial charge is 0.255 e. The molecular weight excluding hydrogens is 372 g/mol. The van der Waals surface area contributed by atoms with Gasteiger partial charge in [0.05, 0.1) is 12.7 Å². The number of ether oxygens (including phenoxy) is 1. The predicted molar refractivity (Wildman–Crippen MR) is 112 cm³/mol. The number of halogens is 1. The van der Waals surface area contributed by atoms with Crippen molar-refractivity contribution in [3.63, 3.8) is 0 Å². The standard InChI is InChI=1S/C23H27ClN2O2/c1-28-22-11-10-17(24)12-21(22)23(27)25-18-13-19-8-5-9-20(14-18)26(19)15-16-6-3-2-4-7-16/h2-4,6-7,10-12,18-20H,5,8-9,13-15H2,1H3,(H,25,27).